The van der Waals surface area contributed by atoms with Crippen molar-refractivity contribution in [2.75, 3.05) is 12.3 Å². The Hall–Kier alpha value is -1.07. The number of nitrogens with zero attached hydrogens (tertiary/aromatic N) is 1. The number of carbonyl (C=O) groups is 1. The summed E-state index contributed by atoms with van der Waals surface area (Å²) in [4.78, 5) is 15.0. The molecule has 4 nitrogen and oxygen atoms in total. The van der Waals surface area contributed by atoms with Gasteiger partial charge in [0, 0.05) is 30.6 Å². The zero-order valence-electron chi connectivity index (χ0n) is 8.27. The molecule has 1 amide bonds. The predicted octanol–water partition coefficient (Wildman–Crippen LogP) is 0.142. The second kappa shape index (κ2) is 4.20. The third kappa shape index (κ3) is 2.13. The lowest BCUT2D eigenvalue weighted by Gasteiger charge is -2.24. The molecule has 0 spiro atoms. The van der Waals surface area contributed by atoms with Crippen molar-refractivity contribution in [3.8, 4) is 0 Å². The molecule has 2 heterocycles. The summed E-state index contributed by atoms with van der Waals surface area (Å²) in [5, 5.41) is 3.17. The first-order valence-electron chi connectivity index (χ1n) is 4.82. The van der Waals surface area contributed by atoms with E-state index in [1.54, 1.807) is 18.0 Å². The summed E-state index contributed by atoms with van der Waals surface area (Å²) >= 11 is 1.57. The van der Waals surface area contributed by atoms with Crippen molar-refractivity contribution < 1.29 is 4.79 Å². The van der Waals surface area contributed by atoms with Crippen molar-refractivity contribution in [1.82, 2.24) is 10.3 Å². The molecule has 0 radical (unpaired) electrons. The van der Waals surface area contributed by atoms with Crippen LogP contribution in [0.1, 0.15) is 5.69 Å². The van der Waals surface area contributed by atoms with E-state index in [0.717, 1.165) is 18.0 Å². The molecule has 0 saturated carbocycles. The summed E-state index contributed by atoms with van der Waals surface area (Å²) < 4.78 is 0. The molecule has 0 bridgehead atoms. The summed E-state index contributed by atoms with van der Waals surface area (Å²) in [5.41, 5.74) is 6.32. The van der Waals surface area contributed by atoms with Crippen LogP contribution in [0.5, 0.6) is 0 Å². The van der Waals surface area contributed by atoms with Gasteiger partial charge in [-0.1, -0.05) is 6.07 Å². The maximum atomic E-state index is 11.4. The minimum atomic E-state index is -0.658. The molecule has 0 aromatic carbocycles. The maximum Gasteiger partial charge on any atom is 0.248 e. The SMILES string of the molecule is NC(=O)C1(Cc2ccccn2)NCCS1. The van der Waals surface area contributed by atoms with Crippen LogP contribution < -0.4 is 11.1 Å². The molecule has 1 unspecified atom stereocenters. The van der Waals surface area contributed by atoms with Crippen LogP contribution in [0.3, 0.4) is 0 Å². The van der Waals surface area contributed by atoms with Crippen LogP contribution in [0, 0.1) is 0 Å². The number of carbonyl (C=O) groups excluding carboxylic acids is 1. The van der Waals surface area contributed by atoms with E-state index in [2.05, 4.69) is 10.3 Å². The Balaban J connectivity index is 2.18. The number of pyridine rings is 1. The van der Waals surface area contributed by atoms with E-state index in [-0.39, 0.29) is 5.91 Å². The lowest BCUT2D eigenvalue weighted by atomic mass is 10.1. The van der Waals surface area contributed by atoms with E-state index in [0.29, 0.717) is 6.42 Å². The van der Waals surface area contributed by atoms with Crippen LogP contribution >= 0.6 is 11.8 Å². The standard InChI is InChI=1S/C10H13N3OS/c11-9(14)10(13-5-6-15-10)7-8-3-1-2-4-12-8/h1-4,13H,5-7H2,(H2,11,14). The zero-order valence-corrected chi connectivity index (χ0v) is 9.09. The fraction of sp³-hybridized carbons (Fsp3) is 0.400. The molecule has 1 aromatic rings. The van der Waals surface area contributed by atoms with Crippen molar-refractivity contribution in [2.45, 2.75) is 11.3 Å². The molecule has 2 rings (SSSR count). The van der Waals surface area contributed by atoms with Gasteiger partial charge in [0.15, 0.2) is 0 Å². The number of hydrogen-bond donors (Lipinski definition) is 2. The molecule has 5 heteroatoms. The molecule has 80 valence electrons. The smallest absolute Gasteiger partial charge is 0.248 e. The van der Waals surface area contributed by atoms with E-state index < -0.39 is 4.87 Å². The molecular formula is C10H13N3OS. The lowest BCUT2D eigenvalue weighted by molar-refractivity contribution is -0.120. The van der Waals surface area contributed by atoms with E-state index >= 15 is 0 Å². The van der Waals surface area contributed by atoms with Gasteiger partial charge in [-0.25, -0.2) is 0 Å². The Labute approximate surface area is 92.6 Å². The fourth-order valence-corrected chi connectivity index (χ4v) is 2.79. The first kappa shape index (κ1) is 10.4. The number of nitrogens with two attached hydrogens (primary N) is 1. The van der Waals surface area contributed by atoms with E-state index in [1.807, 2.05) is 18.2 Å². The third-order valence-electron chi connectivity index (χ3n) is 2.42. The number of thioether (sulfide) groups is 1. The van der Waals surface area contributed by atoms with Crippen LogP contribution in [0.4, 0.5) is 0 Å². The first-order chi connectivity index (χ1) is 7.23. The second-order valence-corrected chi connectivity index (χ2v) is 4.86. The topological polar surface area (TPSA) is 68.0 Å². The first-order valence-corrected chi connectivity index (χ1v) is 5.80. The molecule has 1 fully saturated rings. The molecule has 15 heavy (non-hydrogen) atoms. The van der Waals surface area contributed by atoms with E-state index in [4.69, 9.17) is 5.73 Å². The molecule has 1 aliphatic rings. The summed E-state index contributed by atoms with van der Waals surface area (Å²) in [6, 6.07) is 5.68. The second-order valence-electron chi connectivity index (χ2n) is 3.46. The van der Waals surface area contributed by atoms with Gasteiger partial charge in [-0.05, 0) is 12.1 Å². The largest absolute Gasteiger partial charge is 0.367 e. The summed E-state index contributed by atoms with van der Waals surface area (Å²) in [5.74, 6) is 0.603. The normalized spacial score (nSPS) is 25.3. The van der Waals surface area contributed by atoms with Crippen molar-refractivity contribution in [2.24, 2.45) is 5.73 Å². The minimum absolute atomic E-state index is 0.310. The van der Waals surface area contributed by atoms with Crippen molar-refractivity contribution in [3.63, 3.8) is 0 Å². The third-order valence-corrected chi connectivity index (χ3v) is 3.81. The molecule has 1 aromatic heterocycles. The minimum Gasteiger partial charge on any atom is -0.367 e. The summed E-state index contributed by atoms with van der Waals surface area (Å²) in [6.07, 6.45) is 2.28. The number of nitrogens with one attached hydrogen (secondary N) is 1. The summed E-state index contributed by atoms with van der Waals surface area (Å²) in [6.45, 7) is 0.820. The highest BCUT2D eigenvalue weighted by atomic mass is 32.2. The van der Waals surface area contributed by atoms with Gasteiger partial charge in [0.05, 0.1) is 0 Å². The Morgan fingerprint density at radius 1 is 1.67 bits per heavy atom. The number of rotatable bonds is 3. The van der Waals surface area contributed by atoms with Crippen LogP contribution in [0.25, 0.3) is 0 Å². The number of amides is 1. The van der Waals surface area contributed by atoms with Gasteiger partial charge in [-0.15, -0.1) is 11.8 Å². The number of hydrogen-bond acceptors (Lipinski definition) is 4. The van der Waals surface area contributed by atoms with Gasteiger partial charge >= 0.3 is 0 Å². The van der Waals surface area contributed by atoms with Crippen LogP contribution in [-0.4, -0.2) is 28.1 Å². The number of aromatic nitrogens is 1. The Morgan fingerprint density at radius 3 is 3.07 bits per heavy atom. The van der Waals surface area contributed by atoms with E-state index in [1.165, 1.54) is 0 Å². The molecule has 0 aliphatic carbocycles. The quantitative estimate of drug-likeness (QED) is 0.765. The van der Waals surface area contributed by atoms with Crippen LogP contribution in [-0.2, 0) is 11.2 Å². The molecular weight excluding hydrogens is 210 g/mol. The van der Waals surface area contributed by atoms with Gasteiger partial charge in [0.1, 0.15) is 4.87 Å². The van der Waals surface area contributed by atoms with Gasteiger partial charge in [-0.3, -0.25) is 15.1 Å². The molecule has 1 saturated heterocycles. The highest BCUT2D eigenvalue weighted by molar-refractivity contribution is 8.01. The molecule has 3 N–H and O–H groups in total. The van der Waals surface area contributed by atoms with Gasteiger partial charge in [-0.2, -0.15) is 0 Å². The monoisotopic (exact) mass is 223 g/mol. The van der Waals surface area contributed by atoms with E-state index in [9.17, 15) is 4.79 Å². The fourth-order valence-electron chi connectivity index (χ4n) is 1.65. The van der Waals surface area contributed by atoms with Crippen molar-refractivity contribution in [1.29, 1.82) is 0 Å². The highest BCUT2D eigenvalue weighted by Gasteiger charge is 2.40. The lowest BCUT2D eigenvalue weighted by Crippen LogP contribution is -2.51. The van der Waals surface area contributed by atoms with Crippen molar-refractivity contribution in [3.05, 3.63) is 30.1 Å². The Bertz CT molecular complexity index is 349. The average Bonchev–Trinajstić information content (AvgIpc) is 2.69. The zero-order chi connectivity index (χ0) is 10.7. The molecule has 1 atom stereocenters. The van der Waals surface area contributed by atoms with Gasteiger partial charge < -0.3 is 5.73 Å². The highest BCUT2D eigenvalue weighted by Crippen LogP contribution is 2.30. The number of primary amides is 1. The van der Waals surface area contributed by atoms with Crippen LogP contribution in [0.15, 0.2) is 24.4 Å². The average molecular weight is 223 g/mol. The Kier molecular flexibility index (Phi) is 2.93. The maximum absolute atomic E-state index is 11.4. The van der Waals surface area contributed by atoms with Gasteiger partial charge in [0.25, 0.3) is 0 Å². The molecule has 1 aliphatic heterocycles. The van der Waals surface area contributed by atoms with Gasteiger partial charge in [0.2, 0.25) is 5.91 Å². The van der Waals surface area contributed by atoms with Crippen LogP contribution in [0.2, 0.25) is 0 Å². The Morgan fingerprint density at radius 2 is 2.53 bits per heavy atom. The predicted molar refractivity (Wildman–Crippen MR) is 60.3 cm³/mol. The summed E-state index contributed by atoms with van der Waals surface area (Å²) in [7, 11) is 0. The van der Waals surface area contributed by atoms with Crippen molar-refractivity contribution >= 4 is 17.7 Å².